The van der Waals surface area contributed by atoms with Gasteiger partial charge < -0.3 is 5.11 Å². The Morgan fingerprint density at radius 1 is 0.886 bits per heavy atom. The fourth-order valence-corrected chi connectivity index (χ4v) is 4.47. The zero-order valence-electron chi connectivity index (χ0n) is 20.4. The third-order valence-electron chi connectivity index (χ3n) is 4.89. The van der Waals surface area contributed by atoms with Gasteiger partial charge in [0.2, 0.25) is 0 Å². The Morgan fingerprint density at radius 3 is 1.77 bits per heavy atom. The molecule has 0 aliphatic rings. The van der Waals surface area contributed by atoms with E-state index in [1.54, 1.807) is 26.4 Å². The van der Waals surface area contributed by atoms with Crippen LogP contribution in [0.25, 0.3) is 0 Å². The van der Waals surface area contributed by atoms with Crippen molar-refractivity contribution in [3.05, 3.63) is 65.6 Å². The predicted molar refractivity (Wildman–Crippen MR) is 149 cm³/mol. The fraction of sp³-hybridized carbons (Fsp3) is 0.409. The molecule has 0 saturated carbocycles. The van der Waals surface area contributed by atoms with Gasteiger partial charge in [-0.25, -0.2) is 0 Å². The van der Waals surface area contributed by atoms with Crippen molar-refractivity contribution in [2.45, 2.75) is 46.9 Å². The third kappa shape index (κ3) is 8.08. The van der Waals surface area contributed by atoms with Crippen LogP contribution in [0.5, 0.6) is 0 Å². The molecule has 190 valence electrons. The summed E-state index contributed by atoms with van der Waals surface area (Å²) in [4.78, 5) is 10.3. The van der Waals surface area contributed by atoms with Crippen molar-refractivity contribution < 1.29 is 9.90 Å². The molecule has 4 heterocycles. The molecule has 4 aromatic rings. The van der Waals surface area contributed by atoms with Gasteiger partial charge in [0.05, 0.1) is 20.5 Å². The molecule has 35 heavy (non-hydrogen) atoms. The quantitative estimate of drug-likeness (QED) is 0.238. The second kappa shape index (κ2) is 13.5. The Morgan fingerprint density at radius 2 is 1.43 bits per heavy atom. The van der Waals surface area contributed by atoms with Gasteiger partial charge in [-0.1, -0.05) is 0 Å². The van der Waals surface area contributed by atoms with Crippen LogP contribution in [0.1, 0.15) is 52.8 Å². The van der Waals surface area contributed by atoms with Crippen molar-refractivity contribution in [3.63, 3.8) is 0 Å². The summed E-state index contributed by atoms with van der Waals surface area (Å²) in [6, 6.07) is 0. The maximum Gasteiger partial charge on any atom is 0.153 e. The zero-order valence-corrected chi connectivity index (χ0v) is 25.8. The van der Waals surface area contributed by atoms with E-state index >= 15 is 0 Å². The fourth-order valence-electron chi connectivity index (χ4n) is 3.04. The summed E-state index contributed by atoms with van der Waals surface area (Å²) in [5.41, 5.74) is 3.90. The number of carbonyl (C=O) groups excluding carboxylic acids is 1. The minimum Gasteiger partial charge on any atom is -0.383 e. The molecule has 1 N–H and O–H groups in total. The predicted octanol–water partition coefficient (Wildman–Crippen LogP) is 4.60. The second-order valence-corrected chi connectivity index (χ2v) is 10.2. The van der Waals surface area contributed by atoms with Crippen molar-refractivity contribution in [2.75, 3.05) is 0 Å². The number of hydrogen-bond acceptors (Lipinski definition) is 6. The Bertz CT molecular complexity index is 1240. The maximum atomic E-state index is 10.3. The number of aryl methyl sites for hydroxylation is 6. The molecule has 10 nitrogen and oxygen atoms in total. The van der Waals surface area contributed by atoms with Gasteiger partial charge >= 0.3 is 0 Å². The van der Waals surface area contributed by atoms with Gasteiger partial charge in [-0.3, -0.25) is 23.5 Å². The van der Waals surface area contributed by atoms with E-state index in [1.807, 2.05) is 58.9 Å². The molecule has 0 fully saturated rings. The third-order valence-corrected chi connectivity index (χ3v) is 7.62. The smallest absolute Gasteiger partial charge is 0.153 e. The lowest BCUT2D eigenvalue weighted by molar-refractivity contribution is 0.112. The van der Waals surface area contributed by atoms with E-state index in [0.29, 0.717) is 10.2 Å². The van der Waals surface area contributed by atoms with Crippen LogP contribution in [-0.4, -0.2) is 50.5 Å². The Labute approximate surface area is 235 Å². The first kappa shape index (κ1) is 29.4. The van der Waals surface area contributed by atoms with Crippen LogP contribution in [0.2, 0.25) is 0 Å². The Balaban J connectivity index is 0.000000204. The molecule has 0 spiro atoms. The van der Waals surface area contributed by atoms with Crippen LogP contribution < -0.4 is 0 Å². The van der Waals surface area contributed by atoms with E-state index < -0.39 is 6.10 Å². The summed E-state index contributed by atoms with van der Waals surface area (Å²) >= 11 is 8.84. The SMILES string of the molecule is CCn1cc(C(O)c2cn(C)nc2Br)c(C)n1.CCn1cc(C=O)c(C)n1.Cn1cc(I)c(Br)n1. The molecule has 4 aromatic heterocycles. The average Bonchev–Trinajstić information content (AvgIpc) is 3.54. The van der Waals surface area contributed by atoms with Gasteiger partial charge in [0.15, 0.2) is 6.29 Å². The zero-order chi connectivity index (χ0) is 26.3. The van der Waals surface area contributed by atoms with Gasteiger partial charge in [-0.15, -0.1) is 0 Å². The number of rotatable bonds is 5. The van der Waals surface area contributed by atoms with Crippen LogP contribution in [0, 0.1) is 17.4 Å². The van der Waals surface area contributed by atoms with Crippen LogP contribution in [0.3, 0.4) is 0 Å². The van der Waals surface area contributed by atoms with Gasteiger partial charge in [0, 0.05) is 63.1 Å². The van der Waals surface area contributed by atoms with Crippen molar-refractivity contribution in [1.82, 2.24) is 39.1 Å². The maximum absolute atomic E-state index is 10.3. The minimum absolute atomic E-state index is 0.663. The van der Waals surface area contributed by atoms with Crippen molar-refractivity contribution in [2.24, 2.45) is 14.1 Å². The van der Waals surface area contributed by atoms with Crippen molar-refractivity contribution >= 4 is 60.7 Å². The number of aliphatic hydroxyl groups excluding tert-OH is 1. The van der Waals surface area contributed by atoms with E-state index in [-0.39, 0.29) is 0 Å². The summed E-state index contributed by atoms with van der Waals surface area (Å²) in [6.07, 6.45) is 7.51. The number of carbonyl (C=O) groups is 1. The van der Waals surface area contributed by atoms with E-state index in [4.69, 9.17) is 0 Å². The highest BCUT2D eigenvalue weighted by Gasteiger charge is 2.20. The highest BCUT2D eigenvalue weighted by Crippen LogP contribution is 2.28. The molecular formula is C22H29Br2IN8O2. The summed E-state index contributed by atoms with van der Waals surface area (Å²) in [5.74, 6) is 0. The Kier molecular flexibility index (Phi) is 11.3. The number of halogens is 3. The van der Waals surface area contributed by atoms with Crippen LogP contribution in [0.4, 0.5) is 0 Å². The number of aromatic nitrogens is 8. The minimum atomic E-state index is -0.696. The standard InChI is InChI=1S/C11H15BrN4O.C7H10N2O.C4H4BrIN2/c1-4-16-6-8(7(2)13-16)10(17)9-5-15(3)14-11(9)12;1-3-9-4-7(5-10)6(2)8-9;1-8-2-3(6)4(5)7-8/h5-6,10,17H,4H2,1-3H3;4-5H,3H2,1-2H3;2H,1H3. The molecule has 0 radical (unpaired) electrons. The average molecular weight is 724 g/mol. The second-order valence-electron chi connectivity index (χ2n) is 7.56. The molecule has 0 aromatic carbocycles. The van der Waals surface area contributed by atoms with Crippen molar-refractivity contribution in [3.8, 4) is 0 Å². The Hall–Kier alpha value is -1.84. The molecule has 1 unspecified atom stereocenters. The molecule has 1 atom stereocenters. The number of hydrogen-bond donors (Lipinski definition) is 1. The first-order chi connectivity index (χ1) is 16.5. The largest absolute Gasteiger partial charge is 0.383 e. The van der Waals surface area contributed by atoms with E-state index in [9.17, 15) is 9.90 Å². The summed E-state index contributed by atoms with van der Waals surface area (Å²) < 4.78 is 9.73. The highest BCUT2D eigenvalue weighted by molar-refractivity contribution is 14.1. The van der Waals surface area contributed by atoms with Crippen LogP contribution >= 0.6 is 54.5 Å². The monoisotopic (exact) mass is 722 g/mol. The first-order valence-electron chi connectivity index (χ1n) is 10.7. The summed E-state index contributed by atoms with van der Waals surface area (Å²) in [7, 11) is 3.72. The van der Waals surface area contributed by atoms with Gasteiger partial charge in [-0.05, 0) is 82.1 Å². The molecule has 4 rings (SSSR count). The summed E-state index contributed by atoms with van der Waals surface area (Å²) in [5, 5.41) is 26.9. The molecule has 0 bridgehead atoms. The lowest BCUT2D eigenvalue weighted by atomic mass is 10.1. The van der Waals surface area contributed by atoms with Gasteiger partial charge in [-0.2, -0.15) is 20.4 Å². The van der Waals surface area contributed by atoms with E-state index in [1.165, 1.54) is 0 Å². The van der Waals surface area contributed by atoms with Crippen LogP contribution in [-0.2, 0) is 27.2 Å². The molecule has 0 aliphatic heterocycles. The molecule has 0 amide bonds. The molecule has 13 heteroatoms. The lowest BCUT2D eigenvalue weighted by Crippen LogP contribution is -2.00. The van der Waals surface area contributed by atoms with Gasteiger partial charge in [0.1, 0.15) is 15.3 Å². The van der Waals surface area contributed by atoms with Gasteiger partial charge in [0.25, 0.3) is 0 Å². The first-order valence-corrected chi connectivity index (χ1v) is 13.4. The number of nitrogens with zero attached hydrogens (tertiary/aromatic N) is 8. The number of aliphatic hydroxyl groups is 1. The molecule has 0 saturated heterocycles. The van der Waals surface area contributed by atoms with Crippen LogP contribution in [0.15, 0.2) is 34.0 Å². The molecular weight excluding hydrogens is 695 g/mol. The van der Waals surface area contributed by atoms with E-state index in [0.717, 1.165) is 50.1 Å². The lowest BCUT2D eigenvalue weighted by Gasteiger charge is -2.07. The highest BCUT2D eigenvalue weighted by atomic mass is 127. The molecule has 0 aliphatic carbocycles. The normalized spacial score (nSPS) is 11.4. The number of aldehydes is 1. The summed E-state index contributed by atoms with van der Waals surface area (Å²) in [6.45, 7) is 9.34. The van der Waals surface area contributed by atoms with E-state index in [2.05, 4.69) is 74.8 Å². The van der Waals surface area contributed by atoms with Crippen molar-refractivity contribution in [1.29, 1.82) is 0 Å². The topological polar surface area (TPSA) is 109 Å².